The molecule has 0 atom stereocenters. The Morgan fingerprint density at radius 2 is 1.46 bits per heavy atom. The van der Waals surface area contributed by atoms with Crippen molar-refractivity contribution in [3.63, 3.8) is 0 Å². The van der Waals surface area contributed by atoms with Crippen LogP contribution in [0.3, 0.4) is 0 Å². The van der Waals surface area contributed by atoms with Crippen molar-refractivity contribution in [3.05, 3.63) is 88.9 Å². The summed E-state index contributed by atoms with van der Waals surface area (Å²) in [6.45, 7) is 1.77. The van der Waals surface area contributed by atoms with Gasteiger partial charge >= 0.3 is 0 Å². The molecular weight excluding hydrogens is 376 g/mol. The number of hydrogen-bond donors (Lipinski definition) is 2. The first kappa shape index (κ1) is 19.5. The predicted octanol–water partition coefficient (Wildman–Crippen LogP) is 4.92. The molecule has 0 aromatic heterocycles. The van der Waals surface area contributed by atoms with E-state index in [1.165, 1.54) is 0 Å². The van der Waals surface area contributed by atoms with Crippen LogP contribution in [0.2, 0.25) is 5.02 Å². The third kappa shape index (κ3) is 5.34. The monoisotopic (exact) mass is 394 g/mol. The van der Waals surface area contributed by atoms with Crippen LogP contribution in [0.5, 0.6) is 5.75 Å². The second-order valence-corrected chi connectivity index (χ2v) is 6.57. The van der Waals surface area contributed by atoms with Gasteiger partial charge in [-0.2, -0.15) is 0 Å². The van der Waals surface area contributed by atoms with Crippen molar-refractivity contribution in [1.82, 2.24) is 0 Å². The quantitative estimate of drug-likeness (QED) is 0.623. The molecule has 0 aliphatic carbocycles. The molecule has 3 rings (SSSR count). The van der Waals surface area contributed by atoms with Crippen LogP contribution in [-0.2, 0) is 4.79 Å². The maximum Gasteiger partial charge on any atom is 0.262 e. The topological polar surface area (TPSA) is 67.4 Å². The number of aryl methyl sites for hydroxylation is 1. The van der Waals surface area contributed by atoms with E-state index in [4.69, 9.17) is 16.3 Å². The van der Waals surface area contributed by atoms with E-state index >= 15 is 0 Å². The Hall–Kier alpha value is -3.31. The fourth-order valence-corrected chi connectivity index (χ4v) is 2.67. The number of hydrogen-bond acceptors (Lipinski definition) is 3. The Morgan fingerprint density at radius 1 is 0.857 bits per heavy atom. The lowest BCUT2D eigenvalue weighted by atomic mass is 10.1. The van der Waals surface area contributed by atoms with Gasteiger partial charge in [0.15, 0.2) is 6.61 Å². The zero-order valence-corrected chi connectivity index (χ0v) is 16.0. The Bertz CT molecular complexity index is 970. The maximum atomic E-state index is 12.3. The van der Waals surface area contributed by atoms with Gasteiger partial charge in [-0.1, -0.05) is 29.8 Å². The van der Waals surface area contributed by atoms with E-state index in [0.717, 1.165) is 5.56 Å². The minimum Gasteiger partial charge on any atom is -0.484 e. The van der Waals surface area contributed by atoms with Crippen molar-refractivity contribution in [1.29, 1.82) is 0 Å². The molecular formula is C22H19ClN2O3. The highest BCUT2D eigenvalue weighted by atomic mass is 35.5. The van der Waals surface area contributed by atoms with E-state index in [1.807, 2.05) is 25.1 Å². The van der Waals surface area contributed by atoms with E-state index in [1.54, 1.807) is 54.6 Å². The largest absolute Gasteiger partial charge is 0.484 e. The summed E-state index contributed by atoms with van der Waals surface area (Å²) in [7, 11) is 0. The van der Waals surface area contributed by atoms with Crippen molar-refractivity contribution in [2.75, 3.05) is 17.2 Å². The molecule has 28 heavy (non-hydrogen) atoms. The summed E-state index contributed by atoms with van der Waals surface area (Å²) < 4.78 is 5.40. The van der Waals surface area contributed by atoms with Gasteiger partial charge in [0.2, 0.25) is 0 Å². The summed E-state index contributed by atoms with van der Waals surface area (Å²) in [4.78, 5) is 24.3. The fourth-order valence-electron chi connectivity index (χ4n) is 2.54. The lowest BCUT2D eigenvalue weighted by Crippen LogP contribution is -2.20. The number of rotatable bonds is 6. The number of nitrogens with one attached hydrogen (secondary N) is 2. The zero-order chi connectivity index (χ0) is 19.9. The molecule has 6 heteroatoms. The third-order valence-electron chi connectivity index (χ3n) is 4.00. The van der Waals surface area contributed by atoms with Gasteiger partial charge in [0, 0.05) is 22.0 Å². The molecule has 0 aliphatic heterocycles. The second kappa shape index (κ2) is 9.06. The molecule has 0 aliphatic rings. The van der Waals surface area contributed by atoms with Crippen LogP contribution >= 0.6 is 11.6 Å². The summed E-state index contributed by atoms with van der Waals surface area (Å²) in [5.74, 6) is 0.103. The van der Waals surface area contributed by atoms with Gasteiger partial charge in [-0.3, -0.25) is 9.59 Å². The van der Waals surface area contributed by atoms with Crippen LogP contribution in [-0.4, -0.2) is 18.4 Å². The number of carbonyl (C=O) groups is 2. The van der Waals surface area contributed by atoms with E-state index in [2.05, 4.69) is 10.6 Å². The first-order valence-electron chi connectivity index (χ1n) is 8.66. The van der Waals surface area contributed by atoms with Crippen molar-refractivity contribution >= 4 is 34.8 Å². The number of benzene rings is 3. The van der Waals surface area contributed by atoms with E-state index < -0.39 is 0 Å². The smallest absolute Gasteiger partial charge is 0.262 e. The van der Waals surface area contributed by atoms with Gasteiger partial charge in [0.25, 0.3) is 11.8 Å². The molecule has 142 valence electrons. The van der Waals surface area contributed by atoms with Gasteiger partial charge in [-0.25, -0.2) is 0 Å². The number of ether oxygens (including phenoxy) is 1. The van der Waals surface area contributed by atoms with Crippen molar-refractivity contribution in [2.45, 2.75) is 6.92 Å². The normalized spacial score (nSPS) is 10.2. The van der Waals surface area contributed by atoms with E-state index in [0.29, 0.717) is 27.7 Å². The lowest BCUT2D eigenvalue weighted by Gasteiger charge is -2.10. The molecule has 2 N–H and O–H groups in total. The highest BCUT2D eigenvalue weighted by Gasteiger charge is 2.09. The van der Waals surface area contributed by atoms with Gasteiger partial charge in [-0.05, 0) is 67.1 Å². The summed E-state index contributed by atoms with van der Waals surface area (Å²) >= 11 is 5.81. The van der Waals surface area contributed by atoms with Crippen molar-refractivity contribution in [3.8, 4) is 5.75 Å². The SMILES string of the molecule is Cc1ccccc1C(=O)Nc1ccc(NC(=O)COc2ccc(Cl)cc2)cc1. The fraction of sp³-hybridized carbons (Fsp3) is 0.0909. The number of anilines is 2. The van der Waals surface area contributed by atoms with E-state index in [-0.39, 0.29) is 18.4 Å². The minimum atomic E-state index is -0.286. The molecule has 0 heterocycles. The highest BCUT2D eigenvalue weighted by Crippen LogP contribution is 2.17. The Balaban J connectivity index is 1.52. The van der Waals surface area contributed by atoms with Crippen LogP contribution in [0.25, 0.3) is 0 Å². The molecule has 3 aromatic carbocycles. The van der Waals surface area contributed by atoms with Gasteiger partial charge in [-0.15, -0.1) is 0 Å². The maximum absolute atomic E-state index is 12.3. The Labute approximate surface area is 168 Å². The van der Waals surface area contributed by atoms with Crippen molar-refractivity contribution in [2.24, 2.45) is 0 Å². The number of carbonyl (C=O) groups excluding carboxylic acids is 2. The first-order valence-corrected chi connectivity index (χ1v) is 9.04. The van der Waals surface area contributed by atoms with Crippen molar-refractivity contribution < 1.29 is 14.3 Å². The number of amides is 2. The average molecular weight is 395 g/mol. The Morgan fingerprint density at radius 3 is 2.11 bits per heavy atom. The molecule has 0 spiro atoms. The van der Waals surface area contributed by atoms with Gasteiger partial charge < -0.3 is 15.4 Å². The first-order chi connectivity index (χ1) is 13.5. The molecule has 3 aromatic rings. The number of halogens is 1. The highest BCUT2D eigenvalue weighted by molar-refractivity contribution is 6.30. The van der Waals surface area contributed by atoms with Crippen LogP contribution in [0.4, 0.5) is 11.4 Å². The molecule has 0 fully saturated rings. The Kier molecular flexibility index (Phi) is 6.29. The molecule has 0 bridgehead atoms. The summed E-state index contributed by atoms with van der Waals surface area (Å²) in [5.41, 5.74) is 2.78. The van der Waals surface area contributed by atoms with Crippen LogP contribution < -0.4 is 15.4 Å². The van der Waals surface area contributed by atoms with Crippen LogP contribution in [0, 0.1) is 6.92 Å². The van der Waals surface area contributed by atoms with Crippen LogP contribution in [0.1, 0.15) is 15.9 Å². The van der Waals surface area contributed by atoms with E-state index in [9.17, 15) is 9.59 Å². The molecule has 2 amide bonds. The summed E-state index contributed by atoms with van der Waals surface area (Å²) in [6, 6.07) is 21.0. The molecule has 0 radical (unpaired) electrons. The summed E-state index contributed by atoms with van der Waals surface area (Å²) in [6.07, 6.45) is 0. The predicted molar refractivity (Wildman–Crippen MR) is 111 cm³/mol. The minimum absolute atomic E-state index is 0.118. The average Bonchev–Trinajstić information content (AvgIpc) is 2.69. The molecule has 0 unspecified atom stereocenters. The molecule has 0 saturated carbocycles. The third-order valence-corrected chi connectivity index (χ3v) is 4.25. The van der Waals surface area contributed by atoms with Crippen LogP contribution in [0.15, 0.2) is 72.8 Å². The van der Waals surface area contributed by atoms with Gasteiger partial charge in [0.05, 0.1) is 0 Å². The molecule has 0 saturated heterocycles. The summed E-state index contributed by atoms with van der Waals surface area (Å²) in [5, 5.41) is 6.19. The van der Waals surface area contributed by atoms with Gasteiger partial charge in [0.1, 0.15) is 5.75 Å². The standard InChI is InChI=1S/C22H19ClN2O3/c1-15-4-2-3-5-20(15)22(27)25-18-10-8-17(9-11-18)24-21(26)14-28-19-12-6-16(23)7-13-19/h2-13H,14H2,1H3,(H,24,26)(H,25,27). The second-order valence-electron chi connectivity index (χ2n) is 6.14. The lowest BCUT2D eigenvalue weighted by molar-refractivity contribution is -0.118. The zero-order valence-electron chi connectivity index (χ0n) is 15.2. The molecule has 5 nitrogen and oxygen atoms in total.